The number of hydrogen-bond acceptors (Lipinski definition) is 7. The molecule has 0 N–H and O–H groups in total. The van der Waals surface area contributed by atoms with Gasteiger partial charge in [-0.3, -0.25) is 14.2 Å². The van der Waals surface area contributed by atoms with Crippen molar-refractivity contribution in [2.75, 3.05) is 6.61 Å². The van der Waals surface area contributed by atoms with Crippen LogP contribution in [0.1, 0.15) is 37.9 Å². The average Bonchev–Trinajstić information content (AvgIpc) is 3.09. The number of para-hydroxylation sites is 1. The second-order valence-corrected chi connectivity index (χ2v) is 8.49. The van der Waals surface area contributed by atoms with E-state index in [9.17, 15) is 18.8 Å². The highest BCUT2D eigenvalue weighted by atomic mass is 32.1. The summed E-state index contributed by atoms with van der Waals surface area (Å²) < 4.78 is 25.9. The zero-order valence-corrected chi connectivity index (χ0v) is 19.5. The Morgan fingerprint density at radius 3 is 2.56 bits per heavy atom. The van der Waals surface area contributed by atoms with Gasteiger partial charge in [-0.1, -0.05) is 41.7 Å². The monoisotopic (exact) mass is 480 g/mol. The number of fused-ring (bicyclic) bond motifs is 1. The summed E-state index contributed by atoms with van der Waals surface area (Å²) in [4.78, 5) is 42.8. The van der Waals surface area contributed by atoms with Gasteiger partial charge in [0.05, 0.1) is 28.5 Å². The Morgan fingerprint density at radius 2 is 1.88 bits per heavy atom. The molecular formula is C25H21FN2O5S. The predicted molar refractivity (Wildman–Crippen MR) is 125 cm³/mol. The van der Waals surface area contributed by atoms with E-state index in [0.717, 1.165) is 11.3 Å². The Balaban J connectivity index is 1.94. The molecule has 9 heteroatoms. The van der Waals surface area contributed by atoms with Crippen molar-refractivity contribution in [1.82, 2.24) is 4.57 Å². The van der Waals surface area contributed by atoms with Gasteiger partial charge < -0.3 is 9.47 Å². The van der Waals surface area contributed by atoms with Gasteiger partial charge in [-0.25, -0.2) is 14.2 Å². The van der Waals surface area contributed by atoms with Gasteiger partial charge in [0.1, 0.15) is 11.6 Å². The van der Waals surface area contributed by atoms with E-state index in [-0.39, 0.29) is 17.7 Å². The molecule has 34 heavy (non-hydrogen) atoms. The number of carbonyl (C=O) groups is 2. The Hall–Kier alpha value is -3.85. The maximum atomic E-state index is 13.6. The number of rotatable bonds is 5. The molecule has 0 spiro atoms. The number of nitrogens with zero attached hydrogens (tertiary/aromatic N) is 2. The zero-order valence-electron chi connectivity index (χ0n) is 18.7. The third kappa shape index (κ3) is 4.47. The first-order chi connectivity index (χ1) is 16.3. The molecule has 0 saturated carbocycles. The van der Waals surface area contributed by atoms with Gasteiger partial charge >= 0.3 is 11.9 Å². The van der Waals surface area contributed by atoms with Crippen molar-refractivity contribution in [3.63, 3.8) is 0 Å². The Kier molecular flexibility index (Phi) is 6.56. The van der Waals surface area contributed by atoms with E-state index in [1.807, 2.05) is 0 Å². The average molecular weight is 481 g/mol. The number of carbonyl (C=O) groups excluding carboxylic acids is 2. The molecule has 0 bridgehead atoms. The van der Waals surface area contributed by atoms with Crippen molar-refractivity contribution in [3.05, 3.63) is 96.4 Å². The number of halogens is 1. The van der Waals surface area contributed by atoms with Crippen LogP contribution in [0.5, 0.6) is 5.75 Å². The molecule has 1 aliphatic heterocycles. The number of ether oxygens (including phenoxy) is 2. The van der Waals surface area contributed by atoms with Gasteiger partial charge in [0.15, 0.2) is 4.80 Å². The van der Waals surface area contributed by atoms with E-state index < -0.39 is 23.8 Å². The van der Waals surface area contributed by atoms with E-state index in [2.05, 4.69) is 4.99 Å². The first kappa shape index (κ1) is 23.3. The molecule has 3 aromatic rings. The predicted octanol–water partition coefficient (Wildman–Crippen LogP) is 2.86. The van der Waals surface area contributed by atoms with Gasteiger partial charge in [-0.2, -0.15) is 0 Å². The van der Waals surface area contributed by atoms with E-state index in [4.69, 9.17) is 9.47 Å². The highest BCUT2D eigenvalue weighted by Crippen LogP contribution is 2.30. The zero-order chi connectivity index (χ0) is 24.4. The second kappa shape index (κ2) is 9.56. The molecule has 0 radical (unpaired) electrons. The van der Waals surface area contributed by atoms with Crippen LogP contribution in [-0.2, 0) is 14.3 Å². The molecule has 0 saturated heterocycles. The first-order valence-electron chi connectivity index (χ1n) is 10.5. The highest BCUT2D eigenvalue weighted by Gasteiger charge is 2.33. The maximum absolute atomic E-state index is 13.6. The van der Waals surface area contributed by atoms with Crippen molar-refractivity contribution in [3.8, 4) is 5.75 Å². The van der Waals surface area contributed by atoms with Crippen LogP contribution >= 0.6 is 11.3 Å². The lowest BCUT2D eigenvalue weighted by Crippen LogP contribution is -2.39. The topological polar surface area (TPSA) is 87.0 Å². The summed E-state index contributed by atoms with van der Waals surface area (Å²) in [7, 11) is 0. The van der Waals surface area contributed by atoms with Crippen LogP contribution in [0.2, 0.25) is 0 Å². The minimum absolute atomic E-state index is 0.156. The molecule has 174 valence electrons. The summed E-state index contributed by atoms with van der Waals surface area (Å²) in [5, 5.41) is 0. The molecule has 7 nitrogen and oxygen atoms in total. The summed E-state index contributed by atoms with van der Waals surface area (Å²) in [6, 6.07) is 11.6. The van der Waals surface area contributed by atoms with Crippen LogP contribution in [0.4, 0.5) is 4.39 Å². The molecule has 4 rings (SSSR count). The fourth-order valence-electron chi connectivity index (χ4n) is 3.74. The van der Waals surface area contributed by atoms with Crippen molar-refractivity contribution >= 4 is 29.4 Å². The van der Waals surface area contributed by atoms with Crippen molar-refractivity contribution in [2.24, 2.45) is 4.99 Å². The van der Waals surface area contributed by atoms with Crippen molar-refractivity contribution in [1.29, 1.82) is 0 Å². The molecule has 1 aromatic heterocycles. The third-order valence-electron chi connectivity index (χ3n) is 5.16. The van der Waals surface area contributed by atoms with Gasteiger partial charge in [-0.15, -0.1) is 0 Å². The molecule has 0 fully saturated rings. The smallest absolute Gasteiger partial charge is 0.338 e. The van der Waals surface area contributed by atoms with Crippen LogP contribution in [0.15, 0.2) is 69.6 Å². The molecular weight excluding hydrogens is 459 g/mol. The van der Waals surface area contributed by atoms with Crippen LogP contribution in [-0.4, -0.2) is 23.1 Å². The molecule has 2 heterocycles. The van der Waals surface area contributed by atoms with E-state index in [0.29, 0.717) is 31.9 Å². The number of thiazole rings is 1. The maximum Gasteiger partial charge on any atom is 0.338 e. The summed E-state index contributed by atoms with van der Waals surface area (Å²) in [5.41, 5.74) is 1.34. The molecule has 2 aromatic carbocycles. The fourth-order valence-corrected chi connectivity index (χ4v) is 4.78. The Labute approximate surface area is 198 Å². The quantitative estimate of drug-likeness (QED) is 0.414. The number of hydrogen-bond donors (Lipinski definition) is 0. The minimum Gasteiger partial charge on any atom is -0.463 e. The summed E-state index contributed by atoms with van der Waals surface area (Å²) in [5.74, 6) is -1.18. The van der Waals surface area contributed by atoms with Gasteiger partial charge in [0.25, 0.3) is 5.56 Å². The van der Waals surface area contributed by atoms with Crippen LogP contribution in [0, 0.1) is 5.82 Å². The lowest BCUT2D eigenvalue weighted by atomic mass is 9.96. The van der Waals surface area contributed by atoms with Crippen LogP contribution < -0.4 is 19.6 Å². The third-order valence-corrected chi connectivity index (χ3v) is 6.15. The lowest BCUT2D eigenvalue weighted by molar-refractivity contribution is -0.139. The summed E-state index contributed by atoms with van der Waals surface area (Å²) in [6.07, 6.45) is 1.62. The first-order valence-corrected chi connectivity index (χ1v) is 11.3. The van der Waals surface area contributed by atoms with Gasteiger partial charge in [0, 0.05) is 12.5 Å². The van der Waals surface area contributed by atoms with Gasteiger partial charge in [0.2, 0.25) is 0 Å². The van der Waals surface area contributed by atoms with Crippen LogP contribution in [0.3, 0.4) is 0 Å². The van der Waals surface area contributed by atoms with E-state index >= 15 is 0 Å². The largest absolute Gasteiger partial charge is 0.463 e. The number of benzene rings is 2. The second-order valence-electron chi connectivity index (χ2n) is 7.49. The Bertz CT molecular complexity index is 1480. The van der Waals surface area contributed by atoms with Crippen LogP contribution in [0.25, 0.3) is 6.08 Å². The normalized spacial score (nSPS) is 15.5. The van der Waals surface area contributed by atoms with E-state index in [1.165, 1.54) is 35.8 Å². The summed E-state index contributed by atoms with van der Waals surface area (Å²) in [6.45, 7) is 4.82. The van der Waals surface area contributed by atoms with Gasteiger partial charge in [-0.05, 0) is 43.7 Å². The molecule has 0 aliphatic carbocycles. The lowest BCUT2D eigenvalue weighted by Gasteiger charge is -2.24. The number of aromatic nitrogens is 1. The van der Waals surface area contributed by atoms with E-state index in [1.54, 1.807) is 44.2 Å². The Morgan fingerprint density at radius 1 is 1.18 bits per heavy atom. The molecule has 1 atom stereocenters. The molecule has 1 aliphatic rings. The standard InChI is InChI=1S/C25H21FN2O5S/c1-4-32-24(31)21-14(2)27-25-28(22(21)16-9-11-18(26)12-10-16)23(30)20(34-25)13-17-7-5-6-8-19(17)33-15(3)29/h5-13,22H,4H2,1-3H3/b20-13-/t22-/m1/s1. The highest BCUT2D eigenvalue weighted by molar-refractivity contribution is 7.07. The van der Waals surface area contributed by atoms with Crippen molar-refractivity contribution in [2.45, 2.75) is 26.8 Å². The van der Waals surface area contributed by atoms with Crippen molar-refractivity contribution < 1.29 is 23.5 Å². The molecule has 0 unspecified atom stereocenters. The number of esters is 2. The SMILES string of the molecule is CCOC(=O)C1=C(C)N=c2s/c(=C\c3ccccc3OC(C)=O)c(=O)n2[C@@H]1c1ccc(F)cc1. The summed E-state index contributed by atoms with van der Waals surface area (Å²) >= 11 is 1.14. The molecule has 0 amide bonds. The minimum atomic E-state index is -0.832. The fraction of sp³-hybridized carbons (Fsp3) is 0.200. The number of allylic oxidation sites excluding steroid dienone is 1.